The molecule has 2 heteroatoms. The summed E-state index contributed by atoms with van der Waals surface area (Å²) in [6.07, 6.45) is 0.985. The predicted molar refractivity (Wildman–Crippen MR) is 93.5 cm³/mol. The molecule has 1 nitrogen and oxygen atoms in total. The Labute approximate surface area is 130 Å². The van der Waals surface area contributed by atoms with Crippen molar-refractivity contribution < 1.29 is 4.43 Å². The van der Waals surface area contributed by atoms with E-state index in [1.54, 1.807) is 0 Å². The molecule has 0 aliphatic rings. The molecule has 0 saturated heterocycles. The van der Waals surface area contributed by atoms with Crippen LogP contribution in [-0.4, -0.2) is 8.32 Å². The standard InChI is InChI=1S/C19H26OSi/c1-4-21(5-2,6-3)20-19-14-12-18(13-15-19)16-17-10-8-7-9-11-17/h7-15H,4-6,16H2,1-3H3. The van der Waals surface area contributed by atoms with E-state index in [2.05, 4.69) is 75.4 Å². The Kier molecular flexibility index (Phi) is 5.63. The predicted octanol–water partition coefficient (Wildman–Crippen LogP) is 5.66. The summed E-state index contributed by atoms with van der Waals surface area (Å²) < 4.78 is 6.39. The lowest BCUT2D eigenvalue weighted by atomic mass is 10.1. The fourth-order valence-corrected chi connectivity index (χ4v) is 5.29. The molecule has 0 amide bonds. The van der Waals surface area contributed by atoms with Crippen molar-refractivity contribution in [1.29, 1.82) is 0 Å². The zero-order valence-electron chi connectivity index (χ0n) is 13.4. The van der Waals surface area contributed by atoms with Gasteiger partial charge in [0.1, 0.15) is 5.75 Å². The molecular weight excluding hydrogens is 272 g/mol. The molecule has 0 aliphatic heterocycles. The lowest BCUT2D eigenvalue weighted by Crippen LogP contribution is -2.39. The second-order valence-corrected chi connectivity index (χ2v) is 10.3. The van der Waals surface area contributed by atoms with Crippen molar-refractivity contribution in [1.82, 2.24) is 0 Å². The van der Waals surface area contributed by atoms with Crippen LogP contribution in [0.25, 0.3) is 0 Å². The first-order valence-corrected chi connectivity index (χ1v) is 10.6. The Morgan fingerprint density at radius 2 is 1.24 bits per heavy atom. The molecule has 0 saturated carbocycles. The summed E-state index contributed by atoms with van der Waals surface area (Å²) in [6, 6.07) is 22.8. The molecule has 112 valence electrons. The normalized spacial score (nSPS) is 11.4. The zero-order valence-corrected chi connectivity index (χ0v) is 14.4. The molecule has 2 rings (SSSR count). The molecule has 0 spiro atoms. The molecule has 2 aromatic carbocycles. The quantitative estimate of drug-likeness (QED) is 0.599. The Balaban J connectivity index is 2.05. The Bertz CT molecular complexity index is 521. The maximum atomic E-state index is 6.39. The molecule has 0 bridgehead atoms. The first-order chi connectivity index (χ1) is 10.2. The van der Waals surface area contributed by atoms with Gasteiger partial charge in [0, 0.05) is 0 Å². The first-order valence-electron chi connectivity index (χ1n) is 8.03. The minimum atomic E-state index is -1.55. The van der Waals surface area contributed by atoms with Crippen molar-refractivity contribution in [2.24, 2.45) is 0 Å². The highest BCUT2D eigenvalue weighted by Crippen LogP contribution is 2.26. The number of hydrogen-bond acceptors (Lipinski definition) is 1. The average Bonchev–Trinajstić information content (AvgIpc) is 2.55. The van der Waals surface area contributed by atoms with E-state index >= 15 is 0 Å². The van der Waals surface area contributed by atoms with Gasteiger partial charge in [-0.1, -0.05) is 63.2 Å². The highest BCUT2D eigenvalue weighted by atomic mass is 28.4. The molecule has 0 radical (unpaired) electrons. The molecule has 21 heavy (non-hydrogen) atoms. The third kappa shape index (κ3) is 4.21. The molecule has 0 heterocycles. The Hall–Kier alpha value is -1.54. The monoisotopic (exact) mass is 298 g/mol. The van der Waals surface area contributed by atoms with Crippen LogP contribution in [0.5, 0.6) is 5.75 Å². The van der Waals surface area contributed by atoms with Gasteiger partial charge in [0.15, 0.2) is 0 Å². The van der Waals surface area contributed by atoms with Crippen LogP contribution >= 0.6 is 0 Å². The lowest BCUT2D eigenvalue weighted by molar-refractivity contribution is 0.532. The van der Waals surface area contributed by atoms with Gasteiger partial charge in [0.25, 0.3) is 0 Å². The van der Waals surface area contributed by atoms with E-state index in [9.17, 15) is 0 Å². The van der Waals surface area contributed by atoms with Crippen LogP contribution in [0.4, 0.5) is 0 Å². The molecule has 0 unspecified atom stereocenters. The van der Waals surface area contributed by atoms with Gasteiger partial charge in [-0.25, -0.2) is 0 Å². The van der Waals surface area contributed by atoms with Crippen molar-refractivity contribution in [2.45, 2.75) is 45.3 Å². The van der Waals surface area contributed by atoms with Crippen molar-refractivity contribution in [3.05, 3.63) is 65.7 Å². The van der Waals surface area contributed by atoms with Crippen LogP contribution in [0.1, 0.15) is 31.9 Å². The van der Waals surface area contributed by atoms with Gasteiger partial charge in [-0.2, -0.15) is 0 Å². The highest BCUT2D eigenvalue weighted by Gasteiger charge is 2.30. The summed E-state index contributed by atoms with van der Waals surface area (Å²) in [4.78, 5) is 0. The molecular formula is C19H26OSi. The molecule has 0 fully saturated rings. The fourth-order valence-electron chi connectivity index (χ4n) is 2.72. The summed E-state index contributed by atoms with van der Waals surface area (Å²) in [7, 11) is -1.55. The molecule has 0 aliphatic carbocycles. The fraction of sp³-hybridized carbons (Fsp3) is 0.368. The molecule has 0 atom stereocenters. The van der Waals surface area contributed by atoms with E-state index < -0.39 is 8.32 Å². The van der Waals surface area contributed by atoms with Crippen LogP contribution in [0.15, 0.2) is 54.6 Å². The van der Waals surface area contributed by atoms with E-state index in [-0.39, 0.29) is 0 Å². The smallest absolute Gasteiger partial charge is 0.250 e. The van der Waals surface area contributed by atoms with Gasteiger partial charge in [0.05, 0.1) is 0 Å². The summed E-state index contributed by atoms with van der Waals surface area (Å²) in [5.74, 6) is 1.05. The molecule has 2 aromatic rings. The van der Waals surface area contributed by atoms with E-state index in [0.29, 0.717) is 0 Å². The Morgan fingerprint density at radius 3 is 1.76 bits per heavy atom. The summed E-state index contributed by atoms with van der Waals surface area (Å²) in [5.41, 5.74) is 2.69. The van der Waals surface area contributed by atoms with Crippen molar-refractivity contribution in [2.75, 3.05) is 0 Å². The van der Waals surface area contributed by atoms with Crippen molar-refractivity contribution in [3.8, 4) is 5.75 Å². The lowest BCUT2D eigenvalue weighted by Gasteiger charge is -2.29. The molecule has 0 aromatic heterocycles. The summed E-state index contributed by atoms with van der Waals surface area (Å²) in [5, 5.41) is 0. The van der Waals surface area contributed by atoms with Crippen LogP contribution in [0.3, 0.4) is 0 Å². The van der Waals surface area contributed by atoms with Gasteiger partial charge in [-0.15, -0.1) is 0 Å². The van der Waals surface area contributed by atoms with Gasteiger partial charge >= 0.3 is 0 Å². The van der Waals surface area contributed by atoms with Crippen LogP contribution in [0.2, 0.25) is 18.1 Å². The highest BCUT2D eigenvalue weighted by molar-refractivity contribution is 6.74. The van der Waals surface area contributed by atoms with Gasteiger partial charge in [-0.05, 0) is 47.8 Å². The largest absolute Gasteiger partial charge is 0.544 e. The summed E-state index contributed by atoms with van der Waals surface area (Å²) in [6.45, 7) is 6.80. The van der Waals surface area contributed by atoms with Crippen LogP contribution in [0, 0.1) is 0 Å². The van der Waals surface area contributed by atoms with Crippen molar-refractivity contribution >= 4 is 8.32 Å². The SMILES string of the molecule is CC[Si](CC)(CC)Oc1ccc(Cc2ccccc2)cc1. The van der Waals surface area contributed by atoms with E-state index in [1.807, 2.05) is 0 Å². The van der Waals surface area contributed by atoms with Crippen molar-refractivity contribution in [3.63, 3.8) is 0 Å². The van der Waals surface area contributed by atoms with Gasteiger partial charge < -0.3 is 4.43 Å². The maximum Gasteiger partial charge on any atom is 0.250 e. The van der Waals surface area contributed by atoms with Crippen LogP contribution < -0.4 is 4.43 Å². The number of benzene rings is 2. The first kappa shape index (κ1) is 15.8. The third-order valence-corrected chi connectivity index (χ3v) is 8.98. The minimum Gasteiger partial charge on any atom is -0.544 e. The Morgan fingerprint density at radius 1 is 0.714 bits per heavy atom. The minimum absolute atomic E-state index is 0.985. The van der Waals surface area contributed by atoms with Gasteiger partial charge in [0.2, 0.25) is 8.32 Å². The number of hydrogen-bond donors (Lipinski definition) is 0. The summed E-state index contributed by atoms with van der Waals surface area (Å²) >= 11 is 0. The second kappa shape index (κ2) is 7.46. The zero-order chi connectivity index (χ0) is 15.1. The van der Waals surface area contributed by atoms with Crippen LogP contribution in [-0.2, 0) is 6.42 Å². The van der Waals surface area contributed by atoms with E-state index in [1.165, 1.54) is 29.3 Å². The van der Waals surface area contributed by atoms with E-state index in [0.717, 1.165) is 12.2 Å². The van der Waals surface area contributed by atoms with Gasteiger partial charge in [-0.3, -0.25) is 0 Å². The average molecular weight is 299 g/mol. The second-order valence-electron chi connectivity index (χ2n) is 5.65. The molecule has 0 N–H and O–H groups in total. The topological polar surface area (TPSA) is 9.23 Å². The maximum absolute atomic E-state index is 6.39. The number of rotatable bonds is 7. The third-order valence-electron chi connectivity index (χ3n) is 4.44. The van der Waals surface area contributed by atoms with E-state index in [4.69, 9.17) is 4.43 Å².